The number of halogens is 1. The van der Waals surface area contributed by atoms with Gasteiger partial charge < -0.3 is 10.4 Å². The largest absolute Gasteiger partial charge is 0.481 e. The third-order valence-corrected chi connectivity index (χ3v) is 6.47. The second kappa shape index (κ2) is 8.13. The number of hydrogen-bond donors (Lipinski definition) is 2. The minimum absolute atomic E-state index is 0.0132. The van der Waals surface area contributed by atoms with Crippen molar-refractivity contribution in [2.24, 2.45) is 0 Å². The van der Waals surface area contributed by atoms with Crippen LogP contribution in [0.1, 0.15) is 38.5 Å². The van der Waals surface area contributed by atoms with Gasteiger partial charge in [0.2, 0.25) is 15.9 Å². The molecule has 0 atom stereocenters. The molecule has 2 rings (SSSR count). The third-order valence-electron chi connectivity index (χ3n) is 4.60. The van der Waals surface area contributed by atoms with E-state index in [1.165, 1.54) is 19.2 Å². The van der Waals surface area contributed by atoms with Gasteiger partial charge in [-0.25, -0.2) is 17.1 Å². The van der Waals surface area contributed by atoms with Crippen molar-refractivity contribution < 1.29 is 27.5 Å². The van der Waals surface area contributed by atoms with Gasteiger partial charge in [-0.3, -0.25) is 9.59 Å². The van der Waals surface area contributed by atoms with Crippen molar-refractivity contribution in [3.05, 3.63) is 30.1 Å². The van der Waals surface area contributed by atoms with Gasteiger partial charge in [-0.15, -0.1) is 0 Å². The molecule has 9 heteroatoms. The van der Waals surface area contributed by atoms with Crippen molar-refractivity contribution in [1.29, 1.82) is 0 Å². The predicted octanol–water partition coefficient (Wildman–Crippen LogP) is 1.74. The number of carbonyl (C=O) groups is 2. The van der Waals surface area contributed by atoms with Crippen LogP contribution in [0.25, 0.3) is 0 Å². The summed E-state index contributed by atoms with van der Waals surface area (Å²) >= 11 is 0. The summed E-state index contributed by atoms with van der Waals surface area (Å²) in [6, 6.07) is 4.55. The summed E-state index contributed by atoms with van der Waals surface area (Å²) in [4.78, 5) is 23.0. The third kappa shape index (κ3) is 5.01. The van der Waals surface area contributed by atoms with Crippen molar-refractivity contribution >= 4 is 21.9 Å². The lowest BCUT2D eigenvalue weighted by molar-refractivity contribution is -0.140. The van der Waals surface area contributed by atoms with Gasteiger partial charge in [-0.05, 0) is 49.9 Å². The maximum atomic E-state index is 12.9. The fourth-order valence-electron chi connectivity index (χ4n) is 2.97. The monoisotopic (exact) mass is 386 g/mol. The molecular formula is C17H23FN2O5S. The van der Waals surface area contributed by atoms with Crippen molar-refractivity contribution in [3.63, 3.8) is 0 Å². The van der Waals surface area contributed by atoms with Gasteiger partial charge in [0.05, 0.1) is 16.9 Å². The lowest BCUT2D eigenvalue weighted by Crippen LogP contribution is -2.54. The molecule has 0 radical (unpaired) electrons. The number of nitrogens with one attached hydrogen (secondary N) is 1. The highest BCUT2D eigenvalue weighted by molar-refractivity contribution is 7.89. The van der Waals surface area contributed by atoms with E-state index in [0.29, 0.717) is 19.3 Å². The Bertz CT molecular complexity index is 760. The van der Waals surface area contributed by atoms with Crippen LogP contribution in [0.3, 0.4) is 0 Å². The highest BCUT2D eigenvalue weighted by Gasteiger charge is 2.40. The molecule has 1 saturated carbocycles. The van der Waals surface area contributed by atoms with Crippen LogP contribution in [-0.4, -0.2) is 48.8 Å². The lowest BCUT2D eigenvalue weighted by Gasteiger charge is -2.41. The van der Waals surface area contributed by atoms with E-state index in [9.17, 15) is 22.4 Å². The van der Waals surface area contributed by atoms with Crippen LogP contribution >= 0.6 is 0 Å². The Morgan fingerprint density at radius 1 is 1.27 bits per heavy atom. The molecule has 0 unspecified atom stereocenters. The van der Waals surface area contributed by atoms with Crippen LogP contribution in [0.4, 0.5) is 4.39 Å². The molecule has 0 saturated heterocycles. The van der Waals surface area contributed by atoms with Gasteiger partial charge in [0.25, 0.3) is 0 Å². The molecule has 0 aliphatic heterocycles. The van der Waals surface area contributed by atoms with E-state index in [2.05, 4.69) is 5.32 Å². The molecule has 144 valence electrons. The number of carbonyl (C=O) groups excluding carboxylic acids is 1. The van der Waals surface area contributed by atoms with Crippen LogP contribution in [0, 0.1) is 5.82 Å². The first kappa shape index (κ1) is 20.3. The lowest BCUT2D eigenvalue weighted by atomic mass is 9.74. The molecule has 1 aromatic carbocycles. The Morgan fingerprint density at radius 3 is 2.38 bits per heavy atom. The van der Waals surface area contributed by atoms with Crippen LogP contribution in [0.15, 0.2) is 29.2 Å². The molecule has 0 aromatic heterocycles. The number of carboxylic acids is 1. The summed E-state index contributed by atoms with van der Waals surface area (Å²) < 4.78 is 38.8. The molecule has 0 bridgehead atoms. The average molecular weight is 386 g/mol. The van der Waals surface area contributed by atoms with Crippen LogP contribution in [0.2, 0.25) is 0 Å². The maximum Gasteiger partial charge on any atom is 0.305 e. The van der Waals surface area contributed by atoms with Crippen molar-refractivity contribution in [2.75, 3.05) is 13.6 Å². The van der Waals surface area contributed by atoms with E-state index in [1.54, 1.807) is 0 Å². The minimum Gasteiger partial charge on any atom is -0.481 e. The van der Waals surface area contributed by atoms with Crippen LogP contribution in [-0.2, 0) is 19.6 Å². The van der Waals surface area contributed by atoms with E-state index >= 15 is 0 Å². The summed E-state index contributed by atoms with van der Waals surface area (Å²) in [6.45, 7) is 0.124. The van der Waals surface area contributed by atoms with Gasteiger partial charge in [0.1, 0.15) is 5.82 Å². The number of benzene rings is 1. The summed E-state index contributed by atoms with van der Waals surface area (Å²) in [5.41, 5.74) is -0.658. The Kier molecular flexibility index (Phi) is 6.35. The van der Waals surface area contributed by atoms with E-state index in [4.69, 9.17) is 5.11 Å². The number of rotatable bonds is 9. The zero-order valence-electron chi connectivity index (χ0n) is 14.6. The Morgan fingerprint density at radius 2 is 1.88 bits per heavy atom. The van der Waals surface area contributed by atoms with Crippen LogP contribution < -0.4 is 5.32 Å². The highest BCUT2D eigenvalue weighted by atomic mass is 32.2. The molecule has 0 heterocycles. The molecule has 1 aliphatic rings. The number of amides is 1. The first-order chi connectivity index (χ1) is 12.1. The molecular weight excluding hydrogens is 363 g/mol. The minimum atomic E-state index is -3.74. The van der Waals surface area contributed by atoms with E-state index in [0.717, 1.165) is 22.9 Å². The number of hydrogen-bond acceptors (Lipinski definition) is 4. The first-order valence-electron chi connectivity index (χ1n) is 8.39. The first-order valence-corrected chi connectivity index (χ1v) is 9.83. The summed E-state index contributed by atoms with van der Waals surface area (Å²) in [5, 5.41) is 11.7. The zero-order valence-corrected chi connectivity index (χ0v) is 15.4. The molecule has 1 amide bonds. The van der Waals surface area contributed by atoms with Gasteiger partial charge in [-0.1, -0.05) is 0 Å². The predicted molar refractivity (Wildman–Crippen MR) is 92.4 cm³/mol. The normalized spacial score (nSPS) is 16.1. The summed E-state index contributed by atoms with van der Waals surface area (Å²) in [7, 11) is -2.34. The maximum absolute atomic E-state index is 12.9. The van der Waals surface area contributed by atoms with Crippen molar-refractivity contribution in [1.82, 2.24) is 9.62 Å². The molecule has 1 aliphatic carbocycles. The molecule has 1 fully saturated rings. The average Bonchev–Trinajstić information content (AvgIpc) is 2.52. The quantitative estimate of drug-likeness (QED) is 0.673. The SMILES string of the molecule is CN(CCCC(=O)NC1(CC(=O)O)CCC1)S(=O)(=O)c1ccc(F)cc1. The number of nitrogens with zero attached hydrogens (tertiary/aromatic N) is 1. The fourth-order valence-corrected chi connectivity index (χ4v) is 4.18. The summed E-state index contributed by atoms with van der Waals surface area (Å²) in [5.74, 6) is -1.75. The number of aliphatic carboxylic acids is 1. The van der Waals surface area contributed by atoms with Gasteiger partial charge in [0, 0.05) is 20.0 Å². The fraction of sp³-hybridized carbons (Fsp3) is 0.529. The van der Waals surface area contributed by atoms with Gasteiger partial charge in [0.15, 0.2) is 0 Å². The summed E-state index contributed by atoms with van der Waals surface area (Å²) in [6.07, 6.45) is 2.47. The highest BCUT2D eigenvalue weighted by Crippen LogP contribution is 2.35. The van der Waals surface area contributed by atoms with E-state index in [1.807, 2.05) is 0 Å². The molecule has 7 nitrogen and oxygen atoms in total. The second-order valence-corrected chi connectivity index (χ2v) is 8.68. The topological polar surface area (TPSA) is 104 Å². The standard InChI is InChI=1S/C17H23FN2O5S/c1-20(26(24,25)14-7-5-13(18)6-8-14)11-2-4-15(21)19-17(9-3-10-17)12-16(22)23/h5-8H,2-4,9-12H2,1H3,(H,19,21)(H,22,23). The van der Waals surface area contributed by atoms with Crippen molar-refractivity contribution in [3.8, 4) is 0 Å². The Hall–Kier alpha value is -2.00. The second-order valence-electron chi connectivity index (χ2n) is 6.64. The van der Waals surface area contributed by atoms with Crippen molar-refractivity contribution in [2.45, 2.75) is 49.0 Å². The molecule has 1 aromatic rings. The van der Waals surface area contributed by atoms with Gasteiger partial charge in [-0.2, -0.15) is 0 Å². The smallest absolute Gasteiger partial charge is 0.305 e. The molecule has 26 heavy (non-hydrogen) atoms. The van der Waals surface area contributed by atoms with E-state index in [-0.39, 0.29) is 30.2 Å². The van der Waals surface area contributed by atoms with E-state index < -0.39 is 27.3 Å². The molecule has 2 N–H and O–H groups in total. The number of sulfonamides is 1. The van der Waals surface area contributed by atoms with Gasteiger partial charge >= 0.3 is 5.97 Å². The Balaban J connectivity index is 1.83. The molecule has 0 spiro atoms. The number of carboxylic acid groups (broad SMARTS) is 1. The zero-order chi connectivity index (χ0) is 19.4. The van der Waals surface area contributed by atoms with Crippen LogP contribution in [0.5, 0.6) is 0 Å². The Labute approximate surface area is 152 Å².